The van der Waals surface area contributed by atoms with E-state index in [1.54, 1.807) is 30.1 Å². The summed E-state index contributed by atoms with van der Waals surface area (Å²) in [5.41, 5.74) is 7.07. The van der Waals surface area contributed by atoms with Gasteiger partial charge in [0.1, 0.15) is 17.5 Å². The van der Waals surface area contributed by atoms with Gasteiger partial charge in [-0.3, -0.25) is 9.78 Å². The van der Waals surface area contributed by atoms with Crippen molar-refractivity contribution >= 4 is 45.2 Å². The van der Waals surface area contributed by atoms with Crippen LogP contribution in [-0.4, -0.2) is 35.2 Å². The van der Waals surface area contributed by atoms with E-state index in [2.05, 4.69) is 58.0 Å². The number of aromatic nitrogens is 2. The Morgan fingerprint density at radius 3 is 2.75 bits per heavy atom. The molecule has 0 saturated carbocycles. The fraction of sp³-hybridized carbons (Fsp3) is 0.241. The Hall–Kier alpha value is -3.55. The van der Waals surface area contributed by atoms with Gasteiger partial charge in [0.05, 0.1) is 4.90 Å². The first-order valence-corrected chi connectivity index (χ1v) is 13.5. The third-order valence-electron chi connectivity index (χ3n) is 6.47. The number of rotatable bonds is 10. The van der Waals surface area contributed by atoms with Gasteiger partial charge in [-0.05, 0) is 92.2 Å². The van der Waals surface area contributed by atoms with Crippen molar-refractivity contribution in [2.24, 2.45) is 0 Å². The molecule has 3 aromatic heterocycles. The molecule has 0 aliphatic carbocycles. The molecule has 0 bridgehead atoms. The normalized spacial score (nSPS) is 11.4. The maximum absolute atomic E-state index is 12.6. The molecule has 0 unspecified atom stereocenters. The minimum Gasteiger partial charge on any atom is -0.463 e. The molecule has 0 saturated heterocycles. The second-order valence-corrected chi connectivity index (χ2v) is 9.60. The highest BCUT2D eigenvalue weighted by Gasteiger charge is 2.13. The van der Waals surface area contributed by atoms with Crippen LogP contribution in [0.2, 0.25) is 0 Å². The Morgan fingerprint density at radius 2 is 1.94 bits per heavy atom. The summed E-state index contributed by atoms with van der Waals surface area (Å²) in [7, 11) is 0. The van der Waals surface area contributed by atoms with Crippen LogP contribution in [0.1, 0.15) is 34.2 Å². The standard InChI is InChI=1S/C29H30N4O2S/c1-3-24-21(12-15-30-14-11-19-7-10-27-23(16-19)28(36-2)18-35-27)22-17-20(8-9-25(22)33-24)32-29(34)26-6-4-5-13-31-26/h4-10,13,16-18,30,33H,3,11-12,14-15H2,1-2H3,(H,32,34). The largest absolute Gasteiger partial charge is 0.463 e. The van der Waals surface area contributed by atoms with Crippen LogP contribution >= 0.6 is 11.8 Å². The van der Waals surface area contributed by atoms with Crippen molar-refractivity contribution in [1.82, 2.24) is 15.3 Å². The molecule has 2 aromatic carbocycles. The number of nitrogens with one attached hydrogen (secondary N) is 3. The molecule has 1 amide bonds. The Morgan fingerprint density at radius 1 is 1.06 bits per heavy atom. The Balaban J connectivity index is 1.22. The van der Waals surface area contributed by atoms with Gasteiger partial charge in [0.2, 0.25) is 0 Å². The predicted octanol–water partition coefficient (Wildman–Crippen LogP) is 6.22. The number of nitrogens with zero attached hydrogens (tertiary/aromatic N) is 1. The van der Waals surface area contributed by atoms with Crippen LogP contribution in [0.15, 0.2) is 76.4 Å². The van der Waals surface area contributed by atoms with Gasteiger partial charge in [-0.25, -0.2) is 0 Å². The molecule has 0 atom stereocenters. The number of aryl methyl sites for hydroxylation is 1. The molecule has 0 aliphatic rings. The number of aromatic amines is 1. The third-order valence-corrected chi connectivity index (χ3v) is 7.22. The van der Waals surface area contributed by atoms with E-state index in [1.807, 2.05) is 24.5 Å². The Bertz CT molecular complexity index is 1490. The van der Waals surface area contributed by atoms with E-state index < -0.39 is 0 Å². The van der Waals surface area contributed by atoms with Gasteiger partial charge in [-0.2, -0.15) is 0 Å². The van der Waals surface area contributed by atoms with E-state index >= 15 is 0 Å². The van der Waals surface area contributed by atoms with Crippen molar-refractivity contribution in [3.63, 3.8) is 0 Å². The van der Waals surface area contributed by atoms with E-state index in [9.17, 15) is 4.79 Å². The summed E-state index contributed by atoms with van der Waals surface area (Å²) in [6.07, 6.45) is 8.35. The molecule has 7 heteroatoms. The number of thioether (sulfide) groups is 1. The summed E-state index contributed by atoms with van der Waals surface area (Å²) in [6, 6.07) is 17.8. The van der Waals surface area contributed by atoms with Crippen LogP contribution in [0.3, 0.4) is 0 Å². The number of pyridine rings is 1. The highest BCUT2D eigenvalue weighted by Crippen LogP contribution is 2.29. The van der Waals surface area contributed by atoms with Crippen molar-refractivity contribution in [2.45, 2.75) is 31.1 Å². The van der Waals surface area contributed by atoms with Crippen LogP contribution in [0.4, 0.5) is 5.69 Å². The molecule has 0 aliphatic heterocycles. The number of benzene rings is 2. The first-order valence-electron chi connectivity index (χ1n) is 12.3. The lowest BCUT2D eigenvalue weighted by atomic mass is 10.1. The van der Waals surface area contributed by atoms with Gasteiger partial charge in [-0.15, -0.1) is 11.8 Å². The lowest BCUT2D eigenvalue weighted by molar-refractivity contribution is 0.102. The lowest BCUT2D eigenvalue weighted by Gasteiger charge is -2.08. The number of anilines is 1. The van der Waals surface area contributed by atoms with E-state index in [0.717, 1.165) is 54.5 Å². The van der Waals surface area contributed by atoms with Crippen LogP contribution in [0.25, 0.3) is 21.9 Å². The van der Waals surface area contributed by atoms with Crippen molar-refractivity contribution in [3.05, 3.63) is 89.6 Å². The van der Waals surface area contributed by atoms with E-state index in [-0.39, 0.29) is 5.91 Å². The molecule has 3 N–H and O–H groups in total. The summed E-state index contributed by atoms with van der Waals surface area (Å²) in [6.45, 7) is 3.96. The number of fused-ring (bicyclic) bond motifs is 2. The minimum atomic E-state index is -0.206. The fourth-order valence-corrected chi connectivity index (χ4v) is 5.12. The van der Waals surface area contributed by atoms with Gasteiger partial charge in [-0.1, -0.05) is 19.1 Å². The van der Waals surface area contributed by atoms with E-state index in [0.29, 0.717) is 5.69 Å². The first-order chi connectivity index (χ1) is 17.7. The molecule has 36 heavy (non-hydrogen) atoms. The molecular weight excluding hydrogens is 468 g/mol. The zero-order valence-electron chi connectivity index (χ0n) is 20.6. The van der Waals surface area contributed by atoms with Crippen molar-refractivity contribution in [3.8, 4) is 0 Å². The quantitative estimate of drug-likeness (QED) is 0.157. The molecule has 5 rings (SSSR count). The first kappa shape index (κ1) is 24.2. The second-order valence-electron chi connectivity index (χ2n) is 8.75. The molecular formula is C29H30N4O2S. The number of hydrogen-bond donors (Lipinski definition) is 3. The highest BCUT2D eigenvalue weighted by molar-refractivity contribution is 7.98. The zero-order chi connectivity index (χ0) is 24.9. The fourth-order valence-electron chi connectivity index (χ4n) is 4.60. The number of carbonyl (C=O) groups excluding carboxylic acids is 1. The number of furan rings is 1. The van der Waals surface area contributed by atoms with Crippen molar-refractivity contribution < 1.29 is 9.21 Å². The number of amides is 1. The Labute approximate surface area is 214 Å². The molecule has 5 aromatic rings. The molecule has 3 heterocycles. The molecule has 0 radical (unpaired) electrons. The smallest absolute Gasteiger partial charge is 0.274 e. The van der Waals surface area contributed by atoms with E-state index in [1.165, 1.54) is 27.1 Å². The van der Waals surface area contributed by atoms with Gasteiger partial charge >= 0.3 is 0 Å². The Kier molecular flexibility index (Phi) is 7.39. The molecule has 0 fully saturated rings. The van der Waals surface area contributed by atoms with Gasteiger partial charge < -0.3 is 20.0 Å². The number of carbonyl (C=O) groups is 1. The van der Waals surface area contributed by atoms with Gasteiger partial charge in [0.25, 0.3) is 5.91 Å². The van der Waals surface area contributed by atoms with Crippen LogP contribution in [0, 0.1) is 0 Å². The summed E-state index contributed by atoms with van der Waals surface area (Å²) < 4.78 is 5.62. The lowest BCUT2D eigenvalue weighted by Crippen LogP contribution is -2.20. The zero-order valence-corrected chi connectivity index (χ0v) is 21.4. The summed E-state index contributed by atoms with van der Waals surface area (Å²) in [5.74, 6) is -0.206. The maximum Gasteiger partial charge on any atom is 0.274 e. The monoisotopic (exact) mass is 498 g/mol. The summed E-state index contributed by atoms with van der Waals surface area (Å²) in [5, 5.41) is 8.93. The van der Waals surface area contributed by atoms with Gasteiger partial charge in [0, 0.05) is 33.9 Å². The van der Waals surface area contributed by atoms with Crippen LogP contribution < -0.4 is 10.6 Å². The van der Waals surface area contributed by atoms with Crippen molar-refractivity contribution in [1.29, 1.82) is 0 Å². The minimum absolute atomic E-state index is 0.206. The molecule has 184 valence electrons. The predicted molar refractivity (Wildman–Crippen MR) is 148 cm³/mol. The maximum atomic E-state index is 12.6. The average Bonchev–Trinajstić information content (AvgIpc) is 3.49. The van der Waals surface area contributed by atoms with Crippen LogP contribution in [-0.2, 0) is 19.3 Å². The van der Waals surface area contributed by atoms with Crippen molar-refractivity contribution in [2.75, 3.05) is 24.7 Å². The third kappa shape index (κ3) is 5.17. The molecule has 6 nitrogen and oxygen atoms in total. The highest BCUT2D eigenvalue weighted by atomic mass is 32.2. The van der Waals surface area contributed by atoms with Gasteiger partial charge in [0.15, 0.2) is 0 Å². The topological polar surface area (TPSA) is 83.0 Å². The average molecular weight is 499 g/mol. The van der Waals surface area contributed by atoms with Crippen LogP contribution in [0.5, 0.6) is 0 Å². The SMILES string of the molecule is CCc1[nH]c2ccc(NC(=O)c3ccccn3)cc2c1CCNCCc1ccc2occ(SC)c2c1. The number of hydrogen-bond acceptors (Lipinski definition) is 5. The summed E-state index contributed by atoms with van der Waals surface area (Å²) >= 11 is 1.71. The number of H-pyrrole nitrogens is 1. The second kappa shape index (κ2) is 11.0. The van der Waals surface area contributed by atoms with E-state index in [4.69, 9.17) is 4.42 Å². The summed E-state index contributed by atoms with van der Waals surface area (Å²) in [4.78, 5) is 21.4. The molecule has 0 spiro atoms.